The highest BCUT2D eigenvalue weighted by Crippen LogP contribution is 2.23. The maximum atomic E-state index is 12.1. The topological polar surface area (TPSA) is 153 Å². The van der Waals surface area contributed by atoms with Crippen molar-refractivity contribution in [2.24, 2.45) is 11.1 Å². The molecule has 1 fully saturated rings. The van der Waals surface area contributed by atoms with E-state index < -0.39 is 5.97 Å². The number of amides is 2. The predicted molar refractivity (Wildman–Crippen MR) is 109 cm³/mol. The number of carbonyl (C=O) groups is 3. The van der Waals surface area contributed by atoms with Crippen molar-refractivity contribution in [2.45, 2.75) is 46.6 Å². The largest absolute Gasteiger partial charge is 0.477 e. The first-order valence-electron chi connectivity index (χ1n) is 9.20. The van der Waals surface area contributed by atoms with E-state index in [1.54, 1.807) is 39.0 Å². The lowest BCUT2D eigenvalue weighted by molar-refractivity contribution is -0.125. The standard InChI is InChI=1S/C15H16N4O3.C5H11NO/c1-8-2-3-9(14(20)18-10-4-5-10)6-12(8)19-13(16)11(7-17-19)15(21)22;1-5(2,3)4(6)7/h2-3,6-7,10H,4-5,16H2,1H3,(H,18,20)(H,21,22);1-3H3,(H2,6,7). The highest BCUT2D eigenvalue weighted by molar-refractivity contribution is 5.96. The van der Waals surface area contributed by atoms with Crippen LogP contribution < -0.4 is 16.8 Å². The molecule has 9 heteroatoms. The maximum Gasteiger partial charge on any atom is 0.341 e. The van der Waals surface area contributed by atoms with Crippen molar-refractivity contribution in [2.75, 3.05) is 5.73 Å². The van der Waals surface area contributed by atoms with Crippen molar-refractivity contribution >= 4 is 23.6 Å². The average molecular weight is 401 g/mol. The molecule has 1 aromatic carbocycles. The molecule has 2 amide bonds. The van der Waals surface area contributed by atoms with E-state index in [9.17, 15) is 14.4 Å². The van der Waals surface area contributed by atoms with Crippen LogP contribution in [0.2, 0.25) is 0 Å². The first kappa shape index (κ1) is 21.9. The fraction of sp³-hybridized carbons (Fsp3) is 0.400. The number of rotatable bonds is 4. The van der Waals surface area contributed by atoms with Gasteiger partial charge in [-0.2, -0.15) is 5.10 Å². The van der Waals surface area contributed by atoms with Gasteiger partial charge >= 0.3 is 5.97 Å². The number of nitrogens with one attached hydrogen (secondary N) is 1. The zero-order chi connectivity index (χ0) is 21.9. The molecule has 29 heavy (non-hydrogen) atoms. The summed E-state index contributed by atoms with van der Waals surface area (Å²) in [6, 6.07) is 5.46. The molecule has 0 aliphatic heterocycles. The van der Waals surface area contributed by atoms with Crippen LogP contribution in [0.1, 0.15) is 59.9 Å². The number of aryl methyl sites for hydroxylation is 1. The SMILES string of the molecule is CC(C)(C)C(N)=O.Cc1ccc(C(=O)NC2CC2)cc1-n1ncc(C(=O)O)c1N. The third kappa shape index (κ3) is 5.56. The molecule has 156 valence electrons. The lowest BCUT2D eigenvalue weighted by atomic mass is 9.96. The Hall–Kier alpha value is -3.36. The summed E-state index contributed by atoms with van der Waals surface area (Å²) in [5.74, 6) is -1.50. The number of primary amides is 1. The summed E-state index contributed by atoms with van der Waals surface area (Å²) in [4.78, 5) is 33.4. The van der Waals surface area contributed by atoms with Gasteiger partial charge in [0.15, 0.2) is 0 Å². The average Bonchev–Trinajstić information content (AvgIpc) is 3.34. The van der Waals surface area contributed by atoms with Gasteiger partial charge in [0.1, 0.15) is 11.4 Å². The van der Waals surface area contributed by atoms with Gasteiger partial charge in [0.25, 0.3) is 5.91 Å². The molecular weight excluding hydrogens is 374 g/mol. The summed E-state index contributed by atoms with van der Waals surface area (Å²) < 4.78 is 1.34. The third-order valence-electron chi connectivity index (χ3n) is 4.39. The smallest absolute Gasteiger partial charge is 0.341 e. The van der Waals surface area contributed by atoms with Crippen LogP contribution in [0.4, 0.5) is 5.82 Å². The van der Waals surface area contributed by atoms with Crippen molar-refractivity contribution < 1.29 is 19.5 Å². The van der Waals surface area contributed by atoms with Crippen LogP contribution in [-0.4, -0.2) is 38.7 Å². The lowest BCUT2D eigenvalue weighted by Crippen LogP contribution is -2.27. The van der Waals surface area contributed by atoms with Gasteiger partial charge in [0.05, 0.1) is 11.9 Å². The molecule has 0 radical (unpaired) electrons. The van der Waals surface area contributed by atoms with Gasteiger partial charge in [-0.25, -0.2) is 9.48 Å². The molecule has 1 heterocycles. The van der Waals surface area contributed by atoms with Crippen LogP contribution in [0.3, 0.4) is 0 Å². The number of hydrogen-bond acceptors (Lipinski definition) is 5. The molecule has 0 bridgehead atoms. The zero-order valence-electron chi connectivity index (χ0n) is 17.0. The Morgan fingerprint density at radius 1 is 1.24 bits per heavy atom. The molecule has 1 aliphatic carbocycles. The van der Waals surface area contributed by atoms with Gasteiger partial charge in [-0.15, -0.1) is 0 Å². The Bertz CT molecular complexity index is 939. The first-order valence-corrected chi connectivity index (χ1v) is 9.20. The van der Waals surface area contributed by atoms with Crippen molar-refractivity contribution in [3.8, 4) is 5.69 Å². The van der Waals surface area contributed by atoms with Crippen molar-refractivity contribution in [3.05, 3.63) is 41.1 Å². The van der Waals surface area contributed by atoms with Crippen molar-refractivity contribution in [1.29, 1.82) is 0 Å². The van der Waals surface area contributed by atoms with E-state index in [-0.39, 0.29) is 34.7 Å². The summed E-state index contributed by atoms with van der Waals surface area (Å²) >= 11 is 0. The van der Waals surface area contributed by atoms with Crippen LogP contribution >= 0.6 is 0 Å². The molecular formula is C20H27N5O4. The first-order chi connectivity index (χ1) is 13.4. The van der Waals surface area contributed by atoms with Crippen molar-refractivity contribution in [1.82, 2.24) is 15.1 Å². The zero-order valence-corrected chi connectivity index (χ0v) is 17.0. The Kier molecular flexibility index (Phi) is 6.31. The minimum absolute atomic E-state index is 0.0374. The number of benzene rings is 1. The monoisotopic (exact) mass is 401 g/mol. The molecule has 0 saturated heterocycles. The molecule has 0 unspecified atom stereocenters. The van der Waals surface area contributed by atoms with Gasteiger partial charge < -0.3 is 21.9 Å². The van der Waals surface area contributed by atoms with Gasteiger partial charge in [-0.3, -0.25) is 9.59 Å². The molecule has 0 atom stereocenters. The van der Waals surface area contributed by atoms with Crippen LogP contribution in [0.25, 0.3) is 5.69 Å². The molecule has 1 saturated carbocycles. The molecule has 1 aromatic heterocycles. The second-order valence-electron chi connectivity index (χ2n) is 8.02. The fourth-order valence-electron chi connectivity index (χ4n) is 2.19. The number of hydrogen-bond donors (Lipinski definition) is 4. The number of anilines is 1. The second kappa shape index (κ2) is 8.34. The van der Waals surface area contributed by atoms with E-state index in [1.165, 1.54) is 10.9 Å². The Morgan fingerprint density at radius 3 is 2.28 bits per heavy atom. The van der Waals surface area contributed by atoms with Crippen LogP contribution in [0, 0.1) is 12.3 Å². The van der Waals surface area contributed by atoms with E-state index in [2.05, 4.69) is 10.4 Å². The highest BCUT2D eigenvalue weighted by atomic mass is 16.4. The number of carboxylic acids is 1. The number of nitrogens with two attached hydrogens (primary N) is 2. The number of carboxylic acid groups (broad SMARTS) is 1. The quantitative estimate of drug-likeness (QED) is 0.613. The molecule has 9 nitrogen and oxygen atoms in total. The fourth-order valence-corrected chi connectivity index (χ4v) is 2.19. The van der Waals surface area contributed by atoms with Crippen molar-refractivity contribution in [3.63, 3.8) is 0 Å². The van der Waals surface area contributed by atoms with E-state index in [1.807, 2.05) is 6.92 Å². The summed E-state index contributed by atoms with van der Waals surface area (Å²) in [5.41, 5.74) is 12.3. The Labute approximate surface area is 169 Å². The highest BCUT2D eigenvalue weighted by Gasteiger charge is 2.24. The molecule has 0 spiro atoms. The van der Waals surface area contributed by atoms with E-state index >= 15 is 0 Å². The number of aromatic carboxylic acids is 1. The molecule has 3 rings (SSSR count). The van der Waals surface area contributed by atoms with Gasteiger partial charge in [0, 0.05) is 17.0 Å². The maximum absolute atomic E-state index is 12.1. The third-order valence-corrected chi connectivity index (χ3v) is 4.39. The normalized spacial score (nSPS) is 13.2. The minimum atomic E-state index is -1.14. The molecule has 2 aromatic rings. The number of aromatic nitrogens is 2. The van der Waals surface area contributed by atoms with Gasteiger partial charge in [-0.05, 0) is 37.5 Å². The van der Waals surface area contributed by atoms with Crippen LogP contribution in [0.15, 0.2) is 24.4 Å². The number of nitrogen functional groups attached to an aromatic ring is 1. The Morgan fingerprint density at radius 2 is 1.83 bits per heavy atom. The summed E-state index contributed by atoms with van der Waals surface area (Å²) in [6.07, 6.45) is 3.23. The summed E-state index contributed by atoms with van der Waals surface area (Å²) in [6.45, 7) is 7.21. The van der Waals surface area contributed by atoms with Crippen LogP contribution in [0.5, 0.6) is 0 Å². The molecule has 6 N–H and O–H groups in total. The van der Waals surface area contributed by atoms with E-state index in [4.69, 9.17) is 16.6 Å². The van der Waals surface area contributed by atoms with Gasteiger partial charge in [-0.1, -0.05) is 26.8 Å². The molecule has 1 aliphatic rings. The predicted octanol–water partition coefficient (Wildman–Crippen LogP) is 1.87. The number of carbonyl (C=O) groups excluding carboxylic acids is 2. The summed E-state index contributed by atoms with van der Waals surface area (Å²) in [5, 5.41) is 16.0. The lowest BCUT2D eigenvalue weighted by Gasteiger charge is -2.11. The van der Waals surface area contributed by atoms with Crippen LogP contribution in [-0.2, 0) is 4.79 Å². The second-order valence-corrected chi connectivity index (χ2v) is 8.02. The minimum Gasteiger partial charge on any atom is -0.477 e. The Balaban J connectivity index is 0.000000370. The number of nitrogens with zero attached hydrogens (tertiary/aromatic N) is 2. The van der Waals surface area contributed by atoms with E-state index in [0.717, 1.165) is 18.4 Å². The summed E-state index contributed by atoms with van der Waals surface area (Å²) in [7, 11) is 0. The van der Waals surface area contributed by atoms with Gasteiger partial charge in [0.2, 0.25) is 5.91 Å². The van der Waals surface area contributed by atoms with E-state index in [0.29, 0.717) is 11.3 Å².